The molecule has 0 aromatic heterocycles. The minimum Gasteiger partial charge on any atom is -0.357 e. The lowest BCUT2D eigenvalue weighted by Crippen LogP contribution is -2.42. The van der Waals surface area contributed by atoms with Crippen LogP contribution in [0.15, 0.2) is 23.2 Å². The molecule has 0 aliphatic heterocycles. The van der Waals surface area contributed by atoms with Gasteiger partial charge < -0.3 is 10.6 Å². The normalized spacial score (nSPS) is 16.0. The Bertz CT molecular complexity index is 701. The molecule has 0 spiro atoms. The van der Waals surface area contributed by atoms with E-state index in [2.05, 4.69) is 20.3 Å². The second kappa shape index (κ2) is 9.03. The third kappa shape index (κ3) is 6.53. The monoisotopic (exact) mass is 370 g/mol. The molecule has 0 amide bonds. The summed E-state index contributed by atoms with van der Waals surface area (Å²) >= 11 is 0. The van der Waals surface area contributed by atoms with Crippen LogP contribution in [-0.4, -0.2) is 39.3 Å². The van der Waals surface area contributed by atoms with Crippen molar-refractivity contribution in [1.82, 2.24) is 10.6 Å². The number of aliphatic imine (C=N–C) groups is 1. The number of aryl methyl sites for hydroxylation is 1. The smallest absolute Gasteiger partial charge is 0.234 e. The molecule has 0 bridgehead atoms. The van der Waals surface area contributed by atoms with E-state index in [9.17, 15) is 12.8 Å². The van der Waals surface area contributed by atoms with Crippen molar-refractivity contribution in [2.45, 2.75) is 45.6 Å². The van der Waals surface area contributed by atoms with E-state index in [0.717, 1.165) is 12.8 Å². The van der Waals surface area contributed by atoms with Gasteiger partial charge in [0.05, 0.1) is 18.0 Å². The van der Waals surface area contributed by atoms with Crippen molar-refractivity contribution in [2.24, 2.45) is 4.99 Å². The first kappa shape index (κ1) is 19.5. The van der Waals surface area contributed by atoms with Crippen LogP contribution in [0.3, 0.4) is 0 Å². The Balaban J connectivity index is 1.90. The molecule has 140 valence electrons. The molecule has 25 heavy (non-hydrogen) atoms. The predicted octanol–water partition coefficient (Wildman–Crippen LogP) is 2.37. The maximum absolute atomic E-state index is 13.5. The van der Waals surface area contributed by atoms with E-state index in [4.69, 9.17) is 0 Å². The molecule has 1 aromatic rings. The third-order valence-corrected chi connectivity index (χ3v) is 5.38. The molecule has 6 nitrogen and oxygen atoms in total. The van der Waals surface area contributed by atoms with E-state index < -0.39 is 15.8 Å². The number of halogens is 1. The summed E-state index contributed by atoms with van der Waals surface area (Å²) in [4.78, 5) is 4.34. The van der Waals surface area contributed by atoms with Crippen molar-refractivity contribution in [2.75, 3.05) is 23.6 Å². The number of hydrogen-bond acceptors (Lipinski definition) is 3. The van der Waals surface area contributed by atoms with Gasteiger partial charge in [0.25, 0.3) is 0 Å². The fourth-order valence-electron chi connectivity index (χ4n) is 2.75. The molecule has 2 rings (SSSR count). The molecule has 1 aromatic carbocycles. The van der Waals surface area contributed by atoms with Gasteiger partial charge in [0.1, 0.15) is 5.82 Å². The predicted molar refractivity (Wildman–Crippen MR) is 99.9 cm³/mol. The first-order valence-electron chi connectivity index (χ1n) is 8.71. The highest BCUT2D eigenvalue weighted by Gasteiger charge is 2.16. The molecule has 1 saturated carbocycles. The van der Waals surface area contributed by atoms with Gasteiger partial charge >= 0.3 is 0 Å². The van der Waals surface area contributed by atoms with Gasteiger partial charge in [-0.1, -0.05) is 18.9 Å². The SMILES string of the molecule is CCNC(=NCCS(=O)(=O)Nc1ccc(C)c(F)c1)NC1CCCC1. The van der Waals surface area contributed by atoms with Crippen LogP contribution < -0.4 is 15.4 Å². The standard InChI is InChI=1S/C17H27FN4O2S/c1-3-19-17(21-14-6-4-5-7-14)20-10-11-25(23,24)22-15-9-8-13(2)16(18)12-15/h8-9,12,14,22H,3-7,10-11H2,1-2H3,(H2,19,20,21). The molecular weight excluding hydrogens is 343 g/mol. The summed E-state index contributed by atoms with van der Waals surface area (Å²) < 4.78 is 40.2. The molecule has 0 atom stereocenters. The molecular formula is C17H27FN4O2S. The van der Waals surface area contributed by atoms with Gasteiger partial charge in [0.15, 0.2) is 5.96 Å². The quantitative estimate of drug-likeness (QED) is 0.508. The highest BCUT2D eigenvalue weighted by Crippen LogP contribution is 2.17. The van der Waals surface area contributed by atoms with Crippen molar-refractivity contribution < 1.29 is 12.8 Å². The molecule has 1 aliphatic carbocycles. The van der Waals surface area contributed by atoms with E-state index in [0.29, 0.717) is 24.1 Å². The topological polar surface area (TPSA) is 82.6 Å². The van der Waals surface area contributed by atoms with E-state index in [1.165, 1.54) is 18.9 Å². The van der Waals surface area contributed by atoms with Gasteiger partial charge in [-0.15, -0.1) is 0 Å². The van der Waals surface area contributed by atoms with E-state index in [-0.39, 0.29) is 18.0 Å². The van der Waals surface area contributed by atoms with E-state index >= 15 is 0 Å². The van der Waals surface area contributed by atoms with E-state index in [1.54, 1.807) is 19.1 Å². The van der Waals surface area contributed by atoms with Crippen LogP contribution in [-0.2, 0) is 10.0 Å². The van der Waals surface area contributed by atoms with Gasteiger partial charge in [0.2, 0.25) is 10.0 Å². The molecule has 0 radical (unpaired) electrons. The number of nitrogens with zero attached hydrogens (tertiary/aromatic N) is 1. The van der Waals surface area contributed by atoms with Crippen molar-refractivity contribution >= 4 is 21.7 Å². The zero-order chi connectivity index (χ0) is 18.3. The Morgan fingerprint density at radius 1 is 1.32 bits per heavy atom. The van der Waals surface area contributed by atoms with Gasteiger partial charge in [-0.05, 0) is 44.4 Å². The van der Waals surface area contributed by atoms with Crippen LogP contribution in [0.2, 0.25) is 0 Å². The van der Waals surface area contributed by atoms with Gasteiger partial charge in [0, 0.05) is 12.6 Å². The number of anilines is 1. The average Bonchev–Trinajstić information content (AvgIpc) is 3.03. The molecule has 0 saturated heterocycles. The zero-order valence-corrected chi connectivity index (χ0v) is 15.6. The van der Waals surface area contributed by atoms with Crippen LogP contribution in [0.4, 0.5) is 10.1 Å². The minimum atomic E-state index is -3.58. The summed E-state index contributed by atoms with van der Waals surface area (Å²) in [5.74, 6) is 0.0448. The lowest BCUT2D eigenvalue weighted by atomic mass is 10.2. The number of guanidine groups is 1. The Morgan fingerprint density at radius 3 is 2.68 bits per heavy atom. The molecule has 1 aliphatic rings. The Morgan fingerprint density at radius 2 is 2.04 bits per heavy atom. The Labute approximate surface area is 149 Å². The van der Waals surface area contributed by atoms with Crippen molar-refractivity contribution in [1.29, 1.82) is 0 Å². The second-order valence-electron chi connectivity index (χ2n) is 6.27. The number of nitrogens with one attached hydrogen (secondary N) is 3. The molecule has 0 heterocycles. The maximum atomic E-state index is 13.5. The number of benzene rings is 1. The summed E-state index contributed by atoms with van der Waals surface area (Å²) in [5, 5.41) is 6.47. The Hall–Kier alpha value is -1.83. The van der Waals surface area contributed by atoms with Crippen LogP contribution in [0.5, 0.6) is 0 Å². The van der Waals surface area contributed by atoms with Gasteiger partial charge in [-0.25, -0.2) is 12.8 Å². The fourth-order valence-corrected chi connectivity index (χ4v) is 3.67. The molecule has 1 fully saturated rings. The molecule has 3 N–H and O–H groups in total. The van der Waals surface area contributed by atoms with E-state index in [1.807, 2.05) is 6.92 Å². The summed E-state index contributed by atoms with van der Waals surface area (Å²) in [6.45, 7) is 4.44. The van der Waals surface area contributed by atoms with Crippen LogP contribution in [0.1, 0.15) is 38.2 Å². The average molecular weight is 370 g/mol. The largest absolute Gasteiger partial charge is 0.357 e. The van der Waals surface area contributed by atoms with Crippen molar-refractivity contribution in [3.8, 4) is 0 Å². The third-order valence-electron chi connectivity index (χ3n) is 4.12. The summed E-state index contributed by atoms with van der Waals surface area (Å²) in [6, 6.07) is 4.68. The summed E-state index contributed by atoms with van der Waals surface area (Å²) in [6.07, 6.45) is 4.65. The minimum absolute atomic E-state index is 0.131. The van der Waals surface area contributed by atoms with Crippen LogP contribution >= 0.6 is 0 Å². The highest BCUT2D eigenvalue weighted by atomic mass is 32.2. The highest BCUT2D eigenvalue weighted by molar-refractivity contribution is 7.92. The first-order valence-corrected chi connectivity index (χ1v) is 10.4. The van der Waals surface area contributed by atoms with Gasteiger partial charge in [-0.2, -0.15) is 0 Å². The van der Waals surface area contributed by atoms with Crippen LogP contribution in [0, 0.1) is 12.7 Å². The number of hydrogen-bond donors (Lipinski definition) is 3. The zero-order valence-electron chi connectivity index (χ0n) is 14.8. The van der Waals surface area contributed by atoms with Crippen molar-refractivity contribution in [3.05, 3.63) is 29.6 Å². The lowest BCUT2D eigenvalue weighted by Gasteiger charge is -2.16. The second-order valence-corrected chi connectivity index (χ2v) is 8.11. The van der Waals surface area contributed by atoms with Crippen LogP contribution in [0.25, 0.3) is 0 Å². The molecule has 0 unspecified atom stereocenters. The maximum Gasteiger partial charge on any atom is 0.234 e. The fraction of sp³-hybridized carbons (Fsp3) is 0.588. The summed E-state index contributed by atoms with van der Waals surface area (Å²) in [5.41, 5.74) is 0.698. The lowest BCUT2D eigenvalue weighted by molar-refractivity contribution is 0.599. The first-order chi connectivity index (χ1) is 11.9. The number of sulfonamides is 1. The number of rotatable bonds is 7. The summed E-state index contributed by atoms with van der Waals surface area (Å²) in [7, 11) is -3.58. The molecule has 8 heteroatoms. The van der Waals surface area contributed by atoms with Crippen molar-refractivity contribution in [3.63, 3.8) is 0 Å². The Kier molecular flexibility index (Phi) is 7.04. The van der Waals surface area contributed by atoms with Gasteiger partial charge in [-0.3, -0.25) is 9.71 Å².